The van der Waals surface area contributed by atoms with Gasteiger partial charge in [-0.1, -0.05) is 91.3 Å². The van der Waals surface area contributed by atoms with Crippen LogP contribution in [-0.4, -0.2) is 3.21 Å². The molecule has 0 nitrogen and oxygen atoms in total. The third kappa shape index (κ3) is 8.26. The van der Waals surface area contributed by atoms with E-state index in [1.807, 2.05) is 0 Å². The Morgan fingerprint density at radius 1 is 0.429 bits per heavy atom. The molecule has 0 saturated heterocycles. The maximum Gasteiger partial charge on any atom is -0.0771 e. The number of hydrogen-bond donors (Lipinski definition) is 0. The second-order valence-electron chi connectivity index (χ2n) is 11.8. The third-order valence-electron chi connectivity index (χ3n) is 8.60. The standard InChI is InChI=1S/C20H15.C13H9.C13H10.2ClH.Zr/c1-14-11-17-7-4-8-19(20(17)12-14)18-10-9-15-5-2-3-6-16(15)13-18;1-3-7-12-10(5-1)9-11-6-2-4-8-13(11)12;1-3-7-12(8-4-1)11-13-9-5-2-6-10-13;;;/h2-13H,1H3;1-9H;1-10H;2*1H;/q2*-1;;;;+2/p-2. The maximum atomic E-state index is 2.28. The van der Waals surface area contributed by atoms with E-state index in [2.05, 4.69) is 195 Å². The van der Waals surface area contributed by atoms with Gasteiger partial charge in [-0.25, -0.2) is 0 Å². The fourth-order valence-electron chi connectivity index (χ4n) is 6.27. The molecular weight excluding hydrogens is 715 g/mol. The van der Waals surface area contributed by atoms with Gasteiger partial charge in [0.05, 0.1) is 0 Å². The van der Waals surface area contributed by atoms with Crippen LogP contribution in [0.5, 0.6) is 0 Å². The molecule has 0 unspecified atom stereocenters. The molecule has 0 saturated carbocycles. The van der Waals surface area contributed by atoms with Gasteiger partial charge in [-0.3, -0.25) is 0 Å². The van der Waals surface area contributed by atoms with Crippen LogP contribution in [0.15, 0.2) is 188 Å². The van der Waals surface area contributed by atoms with Crippen molar-refractivity contribution in [1.82, 2.24) is 0 Å². The molecule has 49 heavy (non-hydrogen) atoms. The van der Waals surface area contributed by atoms with E-state index in [1.165, 1.54) is 98.3 Å². The zero-order valence-electron chi connectivity index (χ0n) is 27.2. The fraction of sp³-hybridized carbons (Fsp3) is 0.0217. The van der Waals surface area contributed by atoms with Gasteiger partial charge in [-0.2, -0.15) is 6.07 Å². The largest absolute Gasteiger partial charge is 0.126 e. The normalized spacial score (nSPS) is 10.3. The summed E-state index contributed by atoms with van der Waals surface area (Å²) in [7, 11) is 0. The van der Waals surface area contributed by atoms with Crippen LogP contribution in [0.1, 0.15) is 16.7 Å². The molecule has 0 heterocycles. The van der Waals surface area contributed by atoms with Crippen LogP contribution >= 0.6 is 0 Å². The van der Waals surface area contributed by atoms with E-state index in [9.17, 15) is 0 Å². The molecule has 0 aromatic heterocycles. The molecule has 9 aromatic rings. The monoisotopic (exact) mass is 746 g/mol. The van der Waals surface area contributed by atoms with Crippen molar-refractivity contribution in [2.75, 3.05) is 0 Å². The van der Waals surface area contributed by atoms with Crippen molar-refractivity contribution in [3.05, 3.63) is 205 Å². The molecule has 0 radical (unpaired) electrons. The zero-order valence-corrected chi connectivity index (χ0v) is 31.1. The molecule has 0 bridgehead atoms. The second kappa shape index (κ2) is 16.8. The van der Waals surface area contributed by atoms with Gasteiger partial charge in [0.1, 0.15) is 0 Å². The quantitative estimate of drug-likeness (QED) is 0.189. The summed E-state index contributed by atoms with van der Waals surface area (Å²) in [6.45, 7) is 2.16. The smallest absolute Gasteiger partial charge is 0.0771 e. The first-order valence-electron chi connectivity index (χ1n) is 16.0. The van der Waals surface area contributed by atoms with E-state index in [-0.39, 0.29) is 24.8 Å². The maximum absolute atomic E-state index is 2.28. The summed E-state index contributed by atoms with van der Waals surface area (Å²) >= 11 is 1.46. The fourth-order valence-corrected chi connectivity index (χ4v) is 7.09. The summed E-state index contributed by atoms with van der Waals surface area (Å²) < 4.78 is 1.42. The number of fused-ring (bicyclic) bond motifs is 5. The zero-order chi connectivity index (χ0) is 32.0. The Hall–Kier alpha value is -4.39. The molecular formula is C46H34Cl2Zr-2. The molecule has 9 rings (SSSR count). The van der Waals surface area contributed by atoms with Gasteiger partial charge in [0.25, 0.3) is 0 Å². The van der Waals surface area contributed by atoms with E-state index in [4.69, 9.17) is 0 Å². The Kier molecular flexibility index (Phi) is 12.3. The number of aryl methyl sites for hydroxylation is 1. The predicted octanol–water partition coefficient (Wildman–Crippen LogP) is 6.21. The van der Waals surface area contributed by atoms with Crippen LogP contribution < -0.4 is 24.8 Å². The minimum atomic E-state index is 0. The van der Waals surface area contributed by atoms with Crippen molar-refractivity contribution in [2.45, 2.75) is 6.92 Å². The van der Waals surface area contributed by atoms with Crippen LogP contribution in [0.3, 0.4) is 0 Å². The van der Waals surface area contributed by atoms with Crippen molar-refractivity contribution in [3.8, 4) is 11.1 Å². The van der Waals surface area contributed by atoms with Crippen LogP contribution in [0.4, 0.5) is 0 Å². The van der Waals surface area contributed by atoms with Crippen LogP contribution in [-0.2, 0) is 24.2 Å². The third-order valence-corrected chi connectivity index (χ3v) is 10.0. The van der Waals surface area contributed by atoms with Crippen LogP contribution in [0.2, 0.25) is 0 Å². The van der Waals surface area contributed by atoms with E-state index >= 15 is 0 Å². The van der Waals surface area contributed by atoms with Gasteiger partial charge in [0, 0.05) is 0 Å². The summed E-state index contributed by atoms with van der Waals surface area (Å²) in [4.78, 5) is 0. The minimum absolute atomic E-state index is 0. The van der Waals surface area contributed by atoms with Gasteiger partial charge < -0.3 is 24.8 Å². The molecule has 0 aliphatic heterocycles. The first-order chi connectivity index (χ1) is 23.1. The van der Waals surface area contributed by atoms with Crippen molar-refractivity contribution < 1.29 is 49.0 Å². The van der Waals surface area contributed by atoms with E-state index in [1.54, 1.807) is 0 Å². The first kappa shape index (κ1) is 35.9. The van der Waals surface area contributed by atoms with Gasteiger partial charge >= 0.3 is 99.2 Å². The summed E-state index contributed by atoms with van der Waals surface area (Å²) in [6.07, 6.45) is 0. The summed E-state index contributed by atoms with van der Waals surface area (Å²) in [6, 6.07) is 66.7. The van der Waals surface area contributed by atoms with Crippen LogP contribution in [0.25, 0.3) is 54.2 Å². The number of halogens is 2. The van der Waals surface area contributed by atoms with Crippen LogP contribution in [0, 0.1) is 6.92 Å². The Labute approximate surface area is 315 Å². The molecule has 0 spiro atoms. The van der Waals surface area contributed by atoms with Gasteiger partial charge in [-0.15, -0.1) is 74.3 Å². The average Bonchev–Trinajstić information content (AvgIpc) is 3.72. The molecule has 0 fully saturated rings. The van der Waals surface area contributed by atoms with E-state index < -0.39 is 0 Å². The number of benzene rings is 7. The Morgan fingerprint density at radius 3 is 1.53 bits per heavy atom. The van der Waals surface area contributed by atoms with Crippen molar-refractivity contribution in [3.63, 3.8) is 0 Å². The Balaban J connectivity index is 0.000000145. The topological polar surface area (TPSA) is 0 Å². The van der Waals surface area contributed by atoms with Gasteiger partial charge in [-0.05, 0) is 22.4 Å². The number of rotatable bonds is 3. The Bertz CT molecular complexity index is 2340. The molecule has 238 valence electrons. The van der Waals surface area contributed by atoms with Crippen molar-refractivity contribution in [2.24, 2.45) is 0 Å². The molecule has 0 atom stereocenters. The summed E-state index contributed by atoms with van der Waals surface area (Å²) in [5.41, 5.74) is 6.60. The summed E-state index contributed by atoms with van der Waals surface area (Å²) in [5, 5.41) is 10.7. The summed E-state index contributed by atoms with van der Waals surface area (Å²) in [5.74, 6) is 0. The predicted molar refractivity (Wildman–Crippen MR) is 200 cm³/mol. The average molecular weight is 749 g/mol. The molecule has 9 aromatic carbocycles. The molecule has 0 aliphatic carbocycles. The Morgan fingerprint density at radius 2 is 0.918 bits per heavy atom. The number of hydrogen-bond acceptors (Lipinski definition) is 0. The second-order valence-corrected chi connectivity index (χ2v) is 13.1. The van der Waals surface area contributed by atoms with Gasteiger partial charge in [0.2, 0.25) is 0 Å². The molecule has 0 amide bonds. The van der Waals surface area contributed by atoms with E-state index in [0.717, 1.165) is 0 Å². The first-order valence-corrected chi connectivity index (χ1v) is 17.2. The minimum Gasteiger partial charge on any atom is -0.126 e. The molecule has 0 aliphatic rings. The van der Waals surface area contributed by atoms with Crippen molar-refractivity contribution in [1.29, 1.82) is 0 Å². The van der Waals surface area contributed by atoms with Crippen molar-refractivity contribution >= 4 is 46.3 Å². The van der Waals surface area contributed by atoms with E-state index in [0.29, 0.717) is 0 Å². The molecule has 3 heteroatoms. The van der Waals surface area contributed by atoms with Gasteiger partial charge in [0.15, 0.2) is 0 Å². The molecule has 0 N–H and O–H groups in total. The SMILES string of the molecule is Cc1cc2c(-c3ccc4ccccc4c3)cccc2[cH-]1.[Cl-].[Cl-].[Zr+2]=[C](c1ccccc1)c1ccccc1.c1ccc2c(c1)[cH-]c1ccccc12.